The molecule has 1 N–H and O–H groups in total. The Bertz CT molecular complexity index is 549. The van der Waals surface area contributed by atoms with Crippen molar-refractivity contribution in [2.75, 3.05) is 13.7 Å². The SMILES string of the molecule is CCOC(=O)c1n[nH]nc1-c1ccc(COC)cc1. The van der Waals surface area contributed by atoms with Crippen LogP contribution >= 0.6 is 0 Å². The van der Waals surface area contributed by atoms with Crippen molar-refractivity contribution < 1.29 is 14.3 Å². The van der Waals surface area contributed by atoms with E-state index >= 15 is 0 Å². The predicted molar refractivity (Wildman–Crippen MR) is 68.5 cm³/mol. The number of nitrogens with one attached hydrogen (secondary N) is 1. The van der Waals surface area contributed by atoms with E-state index in [-0.39, 0.29) is 5.69 Å². The van der Waals surface area contributed by atoms with Crippen LogP contribution in [-0.2, 0) is 16.1 Å². The van der Waals surface area contributed by atoms with E-state index in [2.05, 4.69) is 15.4 Å². The predicted octanol–water partition coefficient (Wildman–Crippen LogP) is 1.79. The van der Waals surface area contributed by atoms with E-state index in [4.69, 9.17) is 9.47 Å². The van der Waals surface area contributed by atoms with Crippen molar-refractivity contribution in [3.8, 4) is 11.3 Å². The van der Waals surface area contributed by atoms with E-state index in [0.29, 0.717) is 18.9 Å². The third-order valence-corrected chi connectivity index (χ3v) is 2.56. The van der Waals surface area contributed by atoms with E-state index < -0.39 is 5.97 Å². The van der Waals surface area contributed by atoms with Gasteiger partial charge in [-0.2, -0.15) is 10.3 Å². The van der Waals surface area contributed by atoms with Crippen LogP contribution in [0.5, 0.6) is 0 Å². The van der Waals surface area contributed by atoms with E-state index in [0.717, 1.165) is 11.1 Å². The van der Waals surface area contributed by atoms with Gasteiger partial charge in [-0.05, 0) is 12.5 Å². The molecular weight excluding hydrogens is 246 g/mol. The molecule has 0 aliphatic carbocycles. The summed E-state index contributed by atoms with van der Waals surface area (Å²) in [5.41, 5.74) is 2.54. The van der Waals surface area contributed by atoms with Crippen LogP contribution in [0.2, 0.25) is 0 Å². The van der Waals surface area contributed by atoms with Gasteiger partial charge in [-0.1, -0.05) is 24.3 Å². The number of ether oxygens (including phenoxy) is 2. The molecule has 0 amide bonds. The van der Waals surface area contributed by atoms with Gasteiger partial charge in [0.1, 0.15) is 5.69 Å². The Hall–Kier alpha value is -2.21. The molecule has 1 heterocycles. The van der Waals surface area contributed by atoms with Crippen LogP contribution in [-0.4, -0.2) is 35.1 Å². The molecule has 0 saturated heterocycles. The first-order valence-electron chi connectivity index (χ1n) is 5.92. The quantitative estimate of drug-likeness (QED) is 0.830. The fourth-order valence-electron chi connectivity index (χ4n) is 1.70. The summed E-state index contributed by atoms with van der Waals surface area (Å²) in [7, 11) is 1.64. The minimum Gasteiger partial charge on any atom is -0.461 e. The van der Waals surface area contributed by atoms with Crippen molar-refractivity contribution in [3.63, 3.8) is 0 Å². The molecule has 0 unspecified atom stereocenters. The van der Waals surface area contributed by atoms with Gasteiger partial charge in [0.15, 0.2) is 5.69 Å². The highest BCUT2D eigenvalue weighted by Gasteiger charge is 2.18. The Balaban J connectivity index is 2.26. The molecule has 6 nitrogen and oxygen atoms in total. The Labute approximate surface area is 110 Å². The van der Waals surface area contributed by atoms with Gasteiger partial charge < -0.3 is 9.47 Å². The average Bonchev–Trinajstić information content (AvgIpc) is 2.89. The van der Waals surface area contributed by atoms with Gasteiger partial charge in [0.25, 0.3) is 0 Å². The van der Waals surface area contributed by atoms with Gasteiger partial charge in [-0.3, -0.25) is 0 Å². The van der Waals surface area contributed by atoms with E-state index in [1.165, 1.54) is 0 Å². The van der Waals surface area contributed by atoms with Gasteiger partial charge >= 0.3 is 5.97 Å². The first-order valence-corrected chi connectivity index (χ1v) is 5.92. The number of esters is 1. The topological polar surface area (TPSA) is 77.1 Å². The summed E-state index contributed by atoms with van der Waals surface area (Å²) in [5, 5.41) is 10.3. The highest BCUT2D eigenvalue weighted by Crippen LogP contribution is 2.20. The molecule has 0 bridgehead atoms. The van der Waals surface area contributed by atoms with E-state index in [1.807, 2.05) is 24.3 Å². The van der Waals surface area contributed by atoms with Gasteiger partial charge in [0, 0.05) is 12.7 Å². The number of carbonyl (C=O) groups excluding carboxylic acids is 1. The lowest BCUT2D eigenvalue weighted by molar-refractivity contribution is 0.0520. The molecule has 0 aliphatic rings. The second-order valence-corrected chi connectivity index (χ2v) is 3.87. The number of hydrogen-bond donors (Lipinski definition) is 1. The Morgan fingerprint density at radius 3 is 2.63 bits per heavy atom. The Morgan fingerprint density at radius 1 is 1.26 bits per heavy atom. The van der Waals surface area contributed by atoms with Crippen LogP contribution in [0.15, 0.2) is 24.3 Å². The molecule has 1 aromatic carbocycles. The zero-order valence-electron chi connectivity index (χ0n) is 10.8. The molecule has 0 spiro atoms. The van der Waals surface area contributed by atoms with E-state index in [9.17, 15) is 4.79 Å². The largest absolute Gasteiger partial charge is 0.461 e. The van der Waals surface area contributed by atoms with Crippen molar-refractivity contribution in [2.24, 2.45) is 0 Å². The number of nitrogens with zero attached hydrogens (tertiary/aromatic N) is 2. The maximum atomic E-state index is 11.7. The van der Waals surface area contributed by atoms with Crippen molar-refractivity contribution in [2.45, 2.75) is 13.5 Å². The summed E-state index contributed by atoms with van der Waals surface area (Å²) >= 11 is 0. The molecule has 100 valence electrons. The highest BCUT2D eigenvalue weighted by molar-refractivity contribution is 5.93. The van der Waals surface area contributed by atoms with Crippen molar-refractivity contribution >= 4 is 5.97 Å². The molecule has 6 heteroatoms. The summed E-state index contributed by atoms with van der Waals surface area (Å²) < 4.78 is 9.97. The van der Waals surface area contributed by atoms with Gasteiger partial charge in [-0.15, -0.1) is 5.10 Å². The van der Waals surface area contributed by atoms with Crippen LogP contribution in [0.4, 0.5) is 0 Å². The minimum atomic E-state index is -0.479. The van der Waals surface area contributed by atoms with Crippen molar-refractivity contribution in [1.29, 1.82) is 0 Å². The van der Waals surface area contributed by atoms with Crippen LogP contribution in [0.1, 0.15) is 23.0 Å². The molecule has 2 aromatic rings. The number of benzene rings is 1. The third kappa shape index (κ3) is 2.97. The number of methoxy groups -OCH3 is 1. The molecule has 0 fully saturated rings. The van der Waals surface area contributed by atoms with Crippen LogP contribution < -0.4 is 0 Å². The van der Waals surface area contributed by atoms with Crippen molar-refractivity contribution in [3.05, 3.63) is 35.5 Å². The molecule has 0 radical (unpaired) electrons. The van der Waals surface area contributed by atoms with Gasteiger partial charge in [0.05, 0.1) is 13.2 Å². The molecule has 2 rings (SSSR count). The smallest absolute Gasteiger partial charge is 0.361 e. The number of carbonyl (C=O) groups is 1. The number of H-pyrrole nitrogens is 1. The zero-order valence-corrected chi connectivity index (χ0v) is 10.8. The van der Waals surface area contributed by atoms with Crippen LogP contribution in [0.25, 0.3) is 11.3 Å². The number of hydrogen-bond acceptors (Lipinski definition) is 5. The average molecular weight is 261 g/mol. The van der Waals surface area contributed by atoms with E-state index in [1.54, 1.807) is 14.0 Å². The summed E-state index contributed by atoms with van der Waals surface area (Å²) in [5.74, 6) is -0.479. The monoisotopic (exact) mass is 261 g/mol. The van der Waals surface area contributed by atoms with Crippen LogP contribution in [0.3, 0.4) is 0 Å². The summed E-state index contributed by atoms with van der Waals surface area (Å²) in [6.45, 7) is 2.60. The molecule has 0 saturated carbocycles. The third-order valence-electron chi connectivity index (χ3n) is 2.56. The number of aromatic amines is 1. The number of aromatic nitrogens is 3. The maximum absolute atomic E-state index is 11.7. The Kier molecular flexibility index (Phi) is 4.25. The maximum Gasteiger partial charge on any atom is 0.361 e. The lowest BCUT2D eigenvalue weighted by Crippen LogP contribution is -2.06. The first kappa shape index (κ1) is 13.2. The fourth-order valence-corrected chi connectivity index (χ4v) is 1.70. The van der Waals surface area contributed by atoms with Gasteiger partial charge in [-0.25, -0.2) is 4.79 Å². The number of rotatable bonds is 5. The normalized spacial score (nSPS) is 10.4. The molecule has 1 aromatic heterocycles. The fraction of sp³-hybridized carbons (Fsp3) is 0.308. The molecular formula is C13H15N3O3. The Morgan fingerprint density at radius 2 is 2.00 bits per heavy atom. The summed E-state index contributed by atoms with van der Waals surface area (Å²) in [4.78, 5) is 11.7. The summed E-state index contributed by atoms with van der Waals surface area (Å²) in [6, 6.07) is 7.58. The molecule has 19 heavy (non-hydrogen) atoms. The standard InChI is InChI=1S/C13H15N3O3/c1-3-19-13(17)12-11(14-16-15-12)10-6-4-9(5-7-10)8-18-2/h4-7H,3,8H2,1-2H3,(H,14,15,16). The minimum absolute atomic E-state index is 0.196. The van der Waals surface area contributed by atoms with Crippen LogP contribution in [0, 0.1) is 0 Å². The molecule has 0 aliphatic heterocycles. The second kappa shape index (κ2) is 6.10. The molecule has 0 atom stereocenters. The second-order valence-electron chi connectivity index (χ2n) is 3.87. The van der Waals surface area contributed by atoms with Crippen molar-refractivity contribution in [1.82, 2.24) is 15.4 Å². The lowest BCUT2D eigenvalue weighted by atomic mass is 10.1. The lowest BCUT2D eigenvalue weighted by Gasteiger charge is -2.03. The highest BCUT2D eigenvalue weighted by atomic mass is 16.5. The zero-order chi connectivity index (χ0) is 13.7. The first-order chi connectivity index (χ1) is 9.26. The summed E-state index contributed by atoms with van der Waals surface area (Å²) in [6.07, 6.45) is 0. The van der Waals surface area contributed by atoms with Gasteiger partial charge in [0.2, 0.25) is 0 Å².